The molecule has 2 N–H and O–H groups in total. The van der Waals surface area contributed by atoms with Crippen LogP contribution in [0.2, 0.25) is 0 Å². The molecule has 0 spiro atoms. The summed E-state index contributed by atoms with van der Waals surface area (Å²) in [6.45, 7) is 1.43. The van der Waals surface area contributed by atoms with Crippen molar-refractivity contribution in [1.82, 2.24) is 15.2 Å². The molecule has 0 saturated carbocycles. The van der Waals surface area contributed by atoms with E-state index in [2.05, 4.69) is 25.8 Å². The Morgan fingerprint density at radius 3 is 2.59 bits per heavy atom. The van der Waals surface area contributed by atoms with E-state index in [4.69, 9.17) is 0 Å². The van der Waals surface area contributed by atoms with Crippen LogP contribution < -0.4 is 10.6 Å². The summed E-state index contributed by atoms with van der Waals surface area (Å²) in [7, 11) is 0. The second-order valence-electron chi connectivity index (χ2n) is 6.78. The maximum atomic E-state index is 12.7. The highest BCUT2D eigenvalue weighted by atomic mass is 32.1. The molecule has 0 aliphatic rings. The molecule has 3 heterocycles. The van der Waals surface area contributed by atoms with E-state index >= 15 is 0 Å². The normalized spacial score (nSPS) is 11.4. The van der Waals surface area contributed by atoms with Crippen LogP contribution in [0.15, 0.2) is 54.0 Å². The SMILES string of the molecule is CC(=O)Nc1cc(Cc2sccc2-c2nnc(Nc3ccc(C(F)(F)F)cc3)s2)ccn1. The van der Waals surface area contributed by atoms with Gasteiger partial charge in [0.2, 0.25) is 11.0 Å². The summed E-state index contributed by atoms with van der Waals surface area (Å²) in [4.78, 5) is 16.5. The Balaban J connectivity index is 1.49. The molecule has 11 heteroatoms. The fraction of sp³-hybridized carbons (Fsp3) is 0.143. The number of benzene rings is 1. The number of nitrogens with one attached hydrogen (secondary N) is 2. The number of anilines is 3. The first-order valence-corrected chi connectivity index (χ1v) is 11.0. The molecule has 164 valence electrons. The van der Waals surface area contributed by atoms with E-state index in [-0.39, 0.29) is 5.91 Å². The van der Waals surface area contributed by atoms with Crippen LogP contribution in [0.3, 0.4) is 0 Å². The molecular formula is C21H16F3N5OS2. The molecular weight excluding hydrogens is 459 g/mol. The number of alkyl halides is 3. The van der Waals surface area contributed by atoms with Crippen molar-refractivity contribution in [1.29, 1.82) is 0 Å². The average molecular weight is 476 g/mol. The topological polar surface area (TPSA) is 79.8 Å². The lowest BCUT2D eigenvalue weighted by Crippen LogP contribution is -2.07. The second kappa shape index (κ2) is 9.05. The molecule has 0 fully saturated rings. The molecule has 1 amide bonds. The van der Waals surface area contributed by atoms with E-state index in [1.807, 2.05) is 23.6 Å². The first kappa shape index (κ1) is 21.9. The predicted octanol–water partition coefficient (Wildman–Crippen LogP) is 5.97. The van der Waals surface area contributed by atoms with Crippen molar-refractivity contribution < 1.29 is 18.0 Å². The first-order valence-electron chi connectivity index (χ1n) is 9.35. The Kier molecular flexibility index (Phi) is 6.19. The number of nitrogens with zero attached hydrogens (tertiary/aromatic N) is 3. The van der Waals surface area contributed by atoms with Crippen LogP contribution in [-0.4, -0.2) is 21.1 Å². The van der Waals surface area contributed by atoms with Gasteiger partial charge in [-0.2, -0.15) is 13.2 Å². The highest BCUT2D eigenvalue weighted by Crippen LogP contribution is 2.35. The largest absolute Gasteiger partial charge is 0.416 e. The zero-order valence-electron chi connectivity index (χ0n) is 16.6. The van der Waals surface area contributed by atoms with Crippen molar-refractivity contribution in [2.75, 3.05) is 10.6 Å². The average Bonchev–Trinajstić information content (AvgIpc) is 3.37. The molecule has 0 saturated heterocycles. The molecule has 0 aliphatic heterocycles. The van der Waals surface area contributed by atoms with Gasteiger partial charge in [-0.25, -0.2) is 4.98 Å². The molecule has 0 unspecified atom stereocenters. The lowest BCUT2D eigenvalue weighted by Gasteiger charge is -2.07. The van der Waals surface area contributed by atoms with Crippen molar-refractivity contribution in [2.45, 2.75) is 19.5 Å². The van der Waals surface area contributed by atoms with E-state index in [1.54, 1.807) is 17.5 Å². The van der Waals surface area contributed by atoms with Crippen molar-refractivity contribution in [3.8, 4) is 10.6 Å². The van der Waals surface area contributed by atoms with Gasteiger partial charge in [0.15, 0.2) is 5.01 Å². The van der Waals surface area contributed by atoms with Gasteiger partial charge >= 0.3 is 6.18 Å². The van der Waals surface area contributed by atoms with E-state index in [9.17, 15) is 18.0 Å². The number of carbonyl (C=O) groups is 1. The fourth-order valence-corrected chi connectivity index (χ4v) is 4.73. The Morgan fingerprint density at radius 2 is 1.88 bits per heavy atom. The third-order valence-electron chi connectivity index (χ3n) is 4.36. The van der Waals surface area contributed by atoms with Crippen LogP contribution in [0.1, 0.15) is 22.9 Å². The van der Waals surface area contributed by atoms with Gasteiger partial charge in [-0.15, -0.1) is 21.5 Å². The summed E-state index contributed by atoms with van der Waals surface area (Å²) < 4.78 is 38.2. The molecule has 4 rings (SSSR count). The van der Waals surface area contributed by atoms with Crippen LogP contribution in [0.25, 0.3) is 10.6 Å². The maximum absolute atomic E-state index is 12.7. The van der Waals surface area contributed by atoms with Crippen LogP contribution in [0.5, 0.6) is 0 Å². The molecule has 0 aliphatic carbocycles. The number of thiophene rings is 1. The van der Waals surface area contributed by atoms with Gasteiger partial charge in [0.05, 0.1) is 5.56 Å². The monoisotopic (exact) mass is 475 g/mol. The van der Waals surface area contributed by atoms with E-state index in [1.165, 1.54) is 30.4 Å². The fourth-order valence-electron chi connectivity index (χ4n) is 2.94. The van der Waals surface area contributed by atoms with Crippen LogP contribution in [0.4, 0.5) is 29.8 Å². The number of pyridine rings is 1. The highest BCUT2D eigenvalue weighted by Gasteiger charge is 2.30. The van der Waals surface area contributed by atoms with Gasteiger partial charge < -0.3 is 10.6 Å². The number of rotatable bonds is 6. The Hall–Kier alpha value is -3.31. The minimum absolute atomic E-state index is 0.187. The predicted molar refractivity (Wildman–Crippen MR) is 119 cm³/mol. The molecule has 0 bridgehead atoms. The molecule has 0 atom stereocenters. The van der Waals surface area contributed by atoms with Crippen LogP contribution in [0, 0.1) is 0 Å². The number of carbonyl (C=O) groups excluding carboxylic acids is 1. The highest BCUT2D eigenvalue weighted by molar-refractivity contribution is 7.19. The number of hydrogen-bond acceptors (Lipinski definition) is 7. The molecule has 0 radical (unpaired) electrons. The minimum atomic E-state index is -4.37. The van der Waals surface area contributed by atoms with E-state index in [0.29, 0.717) is 28.1 Å². The van der Waals surface area contributed by atoms with Crippen molar-refractivity contribution in [2.24, 2.45) is 0 Å². The Bertz CT molecular complexity index is 1230. The zero-order chi connectivity index (χ0) is 22.7. The van der Waals surface area contributed by atoms with Gasteiger partial charge in [-0.1, -0.05) is 11.3 Å². The lowest BCUT2D eigenvalue weighted by molar-refractivity contribution is -0.137. The summed E-state index contributed by atoms with van der Waals surface area (Å²) in [6, 6.07) is 10.4. The molecule has 32 heavy (non-hydrogen) atoms. The third-order valence-corrected chi connectivity index (χ3v) is 6.15. The summed E-state index contributed by atoms with van der Waals surface area (Å²) >= 11 is 2.89. The minimum Gasteiger partial charge on any atom is -0.330 e. The summed E-state index contributed by atoms with van der Waals surface area (Å²) in [5, 5.41) is 17.2. The summed E-state index contributed by atoms with van der Waals surface area (Å²) in [5.41, 5.74) is 1.71. The smallest absolute Gasteiger partial charge is 0.330 e. The standard InChI is InChI=1S/C21H16F3N5OS2/c1-12(30)26-18-11-13(6-8-25-18)10-17-16(7-9-31-17)19-28-29-20(32-19)27-15-4-2-14(3-5-15)21(22,23)24/h2-9,11H,10H2,1H3,(H,27,29)(H,25,26,30). The summed E-state index contributed by atoms with van der Waals surface area (Å²) in [5.74, 6) is 0.306. The van der Waals surface area contributed by atoms with Gasteiger partial charge in [0.25, 0.3) is 0 Å². The number of hydrogen-bond donors (Lipinski definition) is 2. The maximum Gasteiger partial charge on any atom is 0.416 e. The molecule has 3 aromatic heterocycles. The Morgan fingerprint density at radius 1 is 1.09 bits per heavy atom. The number of amides is 1. The number of halogens is 3. The van der Waals surface area contributed by atoms with Crippen LogP contribution in [-0.2, 0) is 17.4 Å². The summed E-state index contributed by atoms with van der Waals surface area (Å²) in [6.07, 6.45) is -2.10. The molecule has 6 nitrogen and oxygen atoms in total. The second-order valence-corrected chi connectivity index (χ2v) is 8.76. The van der Waals surface area contributed by atoms with Crippen molar-refractivity contribution >= 4 is 45.2 Å². The third kappa shape index (κ3) is 5.29. The van der Waals surface area contributed by atoms with Crippen LogP contribution >= 0.6 is 22.7 Å². The van der Waals surface area contributed by atoms with Crippen molar-refractivity contribution in [3.05, 3.63) is 70.0 Å². The zero-order valence-corrected chi connectivity index (χ0v) is 18.2. The number of aromatic nitrogens is 3. The van der Waals surface area contributed by atoms with E-state index < -0.39 is 11.7 Å². The van der Waals surface area contributed by atoms with Gasteiger partial charge in [0, 0.05) is 35.7 Å². The van der Waals surface area contributed by atoms with Gasteiger partial charge in [-0.3, -0.25) is 4.79 Å². The first-order chi connectivity index (χ1) is 15.3. The van der Waals surface area contributed by atoms with Gasteiger partial charge in [0.1, 0.15) is 5.82 Å². The molecule has 1 aromatic carbocycles. The quantitative estimate of drug-likeness (QED) is 0.359. The van der Waals surface area contributed by atoms with Crippen molar-refractivity contribution in [3.63, 3.8) is 0 Å². The van der Waals surface area contributed by atoms with Gasteiger partial charge in [-0.05, 0) is 53.4 Å². The Labute approximate surface area is 189 Å². The molecule has 4 aromatic rings. The lowest BCUT2D eigenvalue weighted by atomic mass is 10.1. The van der Waals surface area contributed by atoms with E-state index in [0.717, 1.165) is 28.1 Å².